The zero-order valence-corrected chi connectivity index (χ0v) is 8.45. The van der Waals surface area contributed by atoms with Crippen molar-refractivity contribution in [2.75, 3.05) is 12.4 Å². The first kappa shape index (κ1) is 9.84. The van der Waals surface area contributed by atoms with E-state index in [4.69, 9.17) is 34.8 Å². The van der Waals surface area contributed by atoms with Crippen LogP contribution in [0.2, 0.25) is 0 Å². The van der Waals surface area contributed by atoms with E-state index in [2.05, 4.69) is 15.3 Å². The van der Waals surface area contributed by atoms with E-state index in [9.17, 15) is 0 Å². The van der Waals surface area contributed by atoms with Crippen LogP contribution in [0.1, 0.15) is 5.82 Å². The summed E-state index contributed by atoms with van der Waals surface area (Å²) in [5, 5.41) is 2.81. The SMILES string of the molecule is CNc1ccnc(C(Cl)(Cl)Cl)n1. The number of halogens is 3. The number of alkyl halides is 3. The highest BCUT2D eigenvalue weighted by atomic mass is 35.6. The third-order valence-corrected chi connectivity index (χ3v) is 1.67. The van der Waals surface area contributed by atoms with Gasteiger partial charge in [0.15, 0.2) is 5.82 Å². The van der Waals surface area contributed by atoms with E-state index >= 15 is 0 Å². The standard InChI is InChI=1S/C6H6Cl3N3/c1-10-4-2-3-11-5(12-4)6(7,8)9/h2-3H,1H3,(H,10,11,12). The molecule has 0 aliphatic rings. The summed E-state index contributed by atoms with van der Waals surface area (Å²) in [6.45, 7) is 0. The lowest BCUT2D eigenvalue weighted by Crippen LogP contribution is -2.08. The van der Waals surface area contributed by atoms with Crippen molar-refractivity contribution >= 4 is 40.6 Å². The topological polar surface area (TPSA) is 37.8 Å². The van der Waals surface area contributed by atoms with Crippen LogP contribution in [0.3, 0.4) is 0 Å². The summed E-state index contributed by atoms with van der Waals surface area (Å²) in [5.41, 5.74) is 0. The summed E-state index contributed by atoms with van der Waals surface area (Å²) < 4.78 is -1.56. The van der Waals surface area contributed by atoms with Crippen LogP contribution in [0.5, 0.6) is 0 Å². The molecule has 0 bridgehead atoms. The Bertz CT molecular complexity index is 271. The van der Waals surface area contributed by atoms with Crippen LogP contribution in [-0.4, -0.2) is 17.0 Å². The van der Waals surface area contributed by atoms with Gasteiger partial charge in [-0.15, -0.1) is 0 Å². The lowest BCUT2D eigenvalue weighted by molar-refractivity contribution is 0.971. The Morgan fingerprint density at radius 3 is 2.58 bits per heavy atom. The van der Waals surface area contributed by atoms with Gasteiger partial charge in [0.25, 0.3) is 0 Å². The lowest BCUT2D eigenvalue weighted by atomic mass is 10.5. The molecule has 1 aromatic heterocycles. The summed E-state index contributed by atoms with van der Waals surface area (Å²) in [4.78, 5) is 7.76. The fraction of sp³-hybridized carbons (Fsp3) is 0.333. The van der Waals surface area contributed by atoms with E-state index in [0.29, 0.717) is 5.82 Å². The lowest BCUT2D eigenvalue weighted by Gasteiger charge is -2.09. The molecule has 0 saturated carbocycles. The van der Waals surface area contributed by atoms with Gasteiger partial charge in [-0.2, -0.15) is 0 Å². The number of nitrogens with one attached hydrogen (secondary N) is 1. The van der Waals surface area contributed by atoms with Crippen LogP contribution in [0.25, 0.3) is 0 Å². The molecule has 1 heterocycles. The first-order valence-electron chi connectivity index (χ1n) is 3.12. The molecule has 0 amide bonds. The van der Waals surface area contributed by atoms with Crippen LogP contribution in [0, 0.1) is 0 Å². The fourth-order valence-corrected chi connectivity index (χ4v) is 0.908. The smallest absolute Gasteiger partial charge is 0.250 e. The van der Waals surface area contributed by atoms with Gasteiger partial charge in [-0.05, 0) is 6.07 Å². The van der Waals surface area contributed by atoms with Gasteiger partial charge in [0.05, 0.1) is 0 Å². The van der Waals surface area contributed by atoms with E-state index in [1.807, 2.05) is 0 Å². The van der Waals surface area contributed by atoms with Crippen molar-refractivity contribution in [2.24, 2.45) is 0 Å². The Kier molecular flexibility index (Phi) is 2.99. The molecule has 1 aromatic rings. The zero-order valence-electron chi connectivity index (χ0n) is 6.18. The predicted octanol–water partition coefficient (Wildman–Crippen LogP) is 2.34. The Balaban J connectivity index is 3.02. The molecule has 0 aromatic carbocycles. The summed E-state index contributed by atoms with van der Waals surface area (Å²) in [7, 11) is 1.73. The molecule has 1 rings (SSSR count). The highest BCUT2D eigenvalue weighted by Gasteiger charge is 2.26. The minimum Gasteiger partial charge on any atom is -0.373 e. The molecule has 0 radical (unpaired) electrons. The van der Waals surface area contributed by atoms with Gasteiger partial charge >= 0.3 is 0 Å². The molecular weight excluding hydrogens is 220 g/mol. The highest BCUT2D eigenvalue weighted by molar-refractivity contribution is 6.66. The molecule has 1 N–H and O–H groups in total. The Morgan fingerprint density at radius 2 is 2.08 bits per heavy atom. The van der Waals surface area contributed by atoms with E-state index in [0.717, 1.165) is 0 Å². The first-order valence-corrected chi connectivity index (χ1v) is 4.25. The molecule has 0 aliphatic heterocycles. The number of anilines is 1. The summed E-state index contributed by atoms with van der Waals surface area (Å²) in [6, 6.07) is 1.68. The average molecular weight is 226 g/mol. The van der Waals surface area contributed by atoms with Crippen molar-refractivity contribution in [2.45, 2.75) is 3.79 Å². The summed E-state index contributed by atoms with van der Waals surface area (Å²) in [5.74, 6) is 0.783. The maximum Gasteiger partial charge on any atom is 0.250 e. The second kappa shape index (κ2) is 3.64. The van der Waals surface area contributed by atoms with Gasteiger partial charge in [0.2, 0.25) is 3.79 Å². The van der Waals surface area contributed by atoms with E-state index < -0.39 is 3.79 Å². The maximum absolute atomic E-state index is 5.57. The molecule has 12 heavy (non-hydrogen) atoms. The quantitative estimate of drug-likeness (QED) is 0.747. The van der Waals surface area contributed by atoms with Crippen LogP contribution in [-0.2, 0) is 3.79 Å². The summed E-state index contributed by atoms with van der Waals surface area (Å²) in [6.07, 6.45) is 1.52. The van der Waals surface area contributed by atoms with Crippen molar-refractivity contribution < 1.29 is 0 Å². The molecule has 0 fully saturated rings. The highest BCUT2D eigenvalue weighted by Crippen LogP contribution is 2.35. The summed E-state index contributed by atoms with van der Waals surface area (Å²) >= 11 is 16.7. The molecule has 0 unspecified atom stereocenters. The van der Waals surface area contributed by atoms with Crippen LogP contribution < -0.4 is 5.32 Å². The monoisotopic (exact) mass is 225 g/mol. The first-order chi connectivity index (χ1) is 5.54. The van der Waals surface area contributed by atoms with Crippen molar-refractivity contribution in [3.8, 4) is 0 Å². The number of nitrogens with zero attached hydrogens (tertiary/aromatic N) is 2. The van der Waals surface area contributed by atoms with Gasteiger partial charge in [-0.1, -0.05) is 34.8 Å². The Labute approximate surface area is 85.1 Å². The second-order valence-corrected chi connectivity index (χ2v) is 4.29. The van der Waals surface area contributed by atoms with Crippen molar-refractivity contribution in [3.05, 3.63) is 18.1 Å². The normalized spacial score (nSPS) is 11.3. The van der Waals surface area contributed by atoms with Gasteiger partial charge in [0, 0.05) is 13.2 Å². The number of hydrogen-bond donors (Lipinski definition) is 1. The number of hydrogen-bond acceptors (Lipinski definition) is 3. The van der Waals surface area contributed by atoms with Gasteiger partial charge < -0.3 is 5.32 Å². The average Bonchev–Trinajstić information content (AvgIpc) is 2.03. The molecule has 0 spiro atoms. The molecule has 66 valence electrons. The Morgan fingerprint density at radius 1 is 1.42 bits per heavy atom. The third-order valence-electron chi connectivity index (χ3n) is 1.17. The van der Waals surface area contributed by atoms with Gasteiger partial charge in [-0.25, -0.2) is 9.97 Å². The van der Waals surface area contributed by atoms with Gasteiger partial charge in [-0.3, -0.25) is 0 Å². The van der Waals surface area contributed by atoms with Crippen LogP contribution >= 0.6 is 34.8 Å². The van der Waals surface area contributed by atoms with Gasteiger partial charge in [0.1, 0.15) is 5.82 Å². The van der Waals surface area contributed by atoms with Crippen LogP contribution in [0.15, 0.2) is 12.3 Å². The number of rotatable bonds is 1. The van der Waals surface area contributed by atoms with E-state index in [-0.39, 0.29) is 5.82 Å². The molecule has 0 saturated heterocycles. The van der Waals surface area contributed by atoms with Crippen molar-refractivity contribution in [1.82, 2.24) is 9.97 Å². The zero-order chi connectivity index (χ0) is 9.19. The molecular formula is C6H6Cl3N3. The minimum atomic E-state index is -1.56. The third kappa shape index (κ3) is 2.37. The Hall–Kier alpha value is -0.250. The molecule has 6 heteroatoms. The fourth-order valence-electron chi connectivity index (χ4n) is 0.635. The molecule has 0 atom stereocenters. The second-order valence-electron chi connectivity index (χ2n) is 2.01. The molecule has 3 nitrogen and oxygen atoms in total. The predicted molar refractivity (Wildman–Crippen MR) is 50.8 cm³/mol. The number of aromatic nitrogens is 2. The van der Waals surface area contributed by atoms with Crippen molar-refractivity contribution in [3.63, 3.8) is 0 Å². The van der Waals surface area contributed by atoms with E-state index in [1.165, 1.54) is 6.20 Å². The molecule has 0 aliphatic carbocycles. The van der Waals surface area contributed by atoms with Crippen LogP contribution in [0.4, 0.5) is 5.82 Å². The maximum atomic E-state index is 5.57. The van der Waals surface area contributed by atoms with E-state index in [1.54, 1.807) is 13.1 Å². The van der Waals surface area contributed by atoms with Crippen molar-refractivity contribution in [1.29, 1.82) is 0 Å². The largest absolute Gasteiger partial charge is 0.373 e. The minimum absolute atomic E-state index is 0.166.